The predicted octanol–water partition coefficient (Wildman–Crippen LogP) is 0.591. The molecule has 4 rings (SSSR count). The third-order valence-corrected chi connectivity index (χ3v) is 4.78. The number of carbonyl (C=O) groups excluding carboxylic acids is 2. The average Bonchev–Trinajstić information content (AvgIpc) is 3.19. The fraction of sp³-hybridized carbons (Fsp3) is 0.692. The molecule has 1 aromatic rings. The lowest BCUT2D eigenvalue weighted by Crippen LogP contribution is -2.53. The van der Waals surface area contributed by atoms with Gasteiger partial charge >= 0.3 is 12.1 Å². The number of aromatic nitrogens is 3. The summed E-state index contributed by atoms with van der Waals surface area (Å²) in [7, 11) is 0. The number of rotatable bonds is 1. The van der Waals surface area contributed by atoms with Gasteiger partial charge in [-0.05, 0) is 25.7 Å². The molecule has 2 bridgehead atoms. The Balaban J connectivity index is 1.52. The van der Waals surface area contributed by atoms with Crippen LogP contribution in [0, 0.1) is 0 Å². The van der Waals surface area contributed by atoms with Crippen LogP contribution in [-0.2, 0) is 0 Å². The minimum absolute atomic E-state index is 0.135. The molecule has 0 saturated carbocycles. The molecule has 8 nitrogen and oxygen atoms in total. The minimum atomic E-state index is -0.268. The van der Waals surface area contributed by atoms with E-state index in [0.29, 0.717) is 13.1 Å². The van der Waals surface area contributed by atoms with Gasteiger partial charge in [0.05, 0.1) is 18.4 Å². The van der Waals surface area contributed by atoms with E-state index in [1.165, 1.54) is 4.90 Å². The van der Waals surface area contributed by atoms with Crippen LogP contribution in [-0.4, -0.2) is 62.0 Å². The van der Waals surface area contributed by atoms with E-state index < -0.39 is 0 Å². The van der Waals surface area contributed by atoms with Crippen molar-refractivity contribution in [3.8, 4) is 0 Å². The van der Waals surface area contributed by atoms with Crippen LogP contribution < -0.4 is 5.32 Å². The highest BCUT2D eigenvalue weighted by Crippen LogP contribution is 2.40. The van der Waals surface area contributed by atoms with Crippen LogP contribution >= 0.6 is 0 Å². The van der Waals surface area contributed by atoms with E-state index in [0.717, 1.165) is 25.7 Å². The summed E-state index contributed by atoms with van der Waals surface area (Å²) >= 11 is 0. The summed E-state index contributed by atoms with van der Waals surface area (Å²) in [5.74, 6) is 0. The van der Waals surface area contributed by atoms with E-state index in [2.05, 4.69) is 15.5 Å². The maximum Gasteiger partial charge on any atom is 0.328 e. The summed E-state index contributed by atoms with van der Waals surface area (Å²) in [6.45, 7) is 1.02. The second kappa shape index (κ2) is 4.71. The van der Waals surface area contributed by atoms with Gasteiger partial charge < -0.3 is 10.2 Å². The molecule has 0 spiro atoms. The number of nitrogens with zero attached hydrogens (tertiary/aromatic N) is 5. The number of nitrogens with one attached hydrogen (secondary N) is 1. The number of carbonyl (C=O) groups is 2. The highest BCUT2D eigenvalue weighted by molar-refractivity contribution is 5.95. The first-order valence-corrected chi connectivity index (χ1v) is 7.47. The zero-order valence-corrected chi connectivity index (χ0v) is 11.7. The maximum atomic E-state index is 12.6. The van der Waals surface area contributed by atoms with Crippen LogP contribution in [0.5, 0.6) is 0 Å². The van der Waals surface area contributed by atoms with Crippen LogP contribution in [0.15, 0.2) is 12.4 Å². The van der Waals surface area contributed by atoms with Crippen LogP contribution in [0.4, 0.5) is 9.59 Å². The molecule has 3 aliphatic heterocycles. The number of hydrogen-bond acceptors (Lipinski definition) is 4. The zero-order chi connectivity index (χ0) is 14.4. The summed E-state index contributed by atoms with van der Waals surface area (Å²) in [4.78, 5) is 29.3. The molecule has 1 aromatic heterocycles. The highest BCUT2D eigenvalue weighted by Gasteiger charge is 2.46. The summed E-state index contributed by atoms with van der Waals surface area (Å²) < 4.78 is 0. The molecule has 8 heteroatoms. The van der Waals surface area contributed by atoms with Crippen LogP contribution in [0.25, 0.3) is 0 Å². The van der Waals surface area contributed by atoms with Gasteiger partial charge in [-0.3, -0.25) is 0 Å². The van der Waals surface area contributed by atoms with E-state index in [9.17, 15) is 9.59 Å². The van der Waals surface area contributed by atoms with E-state index in [1.807, 2.05) is 4.90 Å². The molecule has 4 heterocycles. The fourth-order valence-electron chi connectivity index (χ4n) is 3.86. The van der Waals surface area contributed by atoms with Crippen molar-refractivity contribution < 1.29 is 9.59 Å². The lowest BCUT2D eigenvalue weighted by atomic mass is 9.98. The molecule has 3 fully saturated rings. The predicted molar refractivity (Wildman–Crippen MR) is 72.4 cm³/mol. The molecular formula is C13H18N6O2. The van der Waals surface area contributed by atoms with Gasteiger partial charge in [-0.15, -0.1) is 0 Å². The SMILES string of the molecule is O=C1NCCN1C(=O)N1C2CCC1CC(n1nccn1)C2. The fourth-order valence-corrected chi connectivity index (χ4v) is 3.86. The Morgan fingerprint density at radius 2 is 1.81 bits per heavy atom. The monoisotopic (exact) mass is 290 g/mol. The minimum Gasteiger partial charge on any atom is -0.336 e. The molecule has 2 atom stereocenters. The molecule has 0 radical (unpaired) electrons. The normalized spacial score (nSPS) is 31.6. The van der Waals surface area contributed by atoms with Gasteiger partial charge in [0.25, 0.3) is 0 Å². The molecule has 0 aromatic carbocycles. The first-order chi connectivity index (χ1) is 10.2. The standard InChI is InChI=1S/C13H18N6O2/c20-12-14-5-6-17(12)13(21)18-9-1-2-10(18)8-11(7-9)19-15-3-4-16-19/h3-4,9-11H,1-2,5-8H2,(H,14,20). The molecule has 112 valence electrons. The second-order valence-corrected chi connectivity index (χ2v) is 5.93. The van der Waals surface area contributed by atoms with Crippen molar-refractivity contribution in [1.82, 2.24) is 30.1 Å². The second-order valence-electron chi connectivity index (χ2n) is 5.93. The first kappa shape index (κ1) is 12.6. The Hall–Kier alpha value is -2.12. The third-order valence-electron chi connectivity index (χ3n) is 4.78. The third kappa shape index (κ3) is 1.97. The average molecular weight is 290 g/mol. The summed E-state index contributed by atoms with van der Waals surface area (Å²) in [6.07, 6.45) is 7.12. The van der Waals surface area contributed by atoms with Crippen LogP contribution in [0.1, 0.15) is 31.7 Å². The summed E-state index contributed by atoms with van der Waals surface area (Å²) in [5, 5.41) is 11.1. The van der Waals surface area contributed by atoms with Gasteiger partial charge in [0.2, 0.25) is 0 Å². The maximum absolute atomic E-state index is 12.6. The number of urea groups is 2. The van der Waals surface area contributed by atoms with E-state index in [4.69, 9.17) is 0 Å². The number of piperidine rings is 1. The zero-order valence-electron chi connectivity index (χ0n) is 11.7. The molecule has 21 heavy (non-hydrogen) atoms. The molecule has 3 saturated heterocycles. The molecule has 4 amide bonds. The Bertz CT molecular complexity index is 545. The van der Waals surface area contributed by atoms with Crippen molar-refractivity contribution in [2.24, 2.45) is 0 Å². The molecule has 1 N–H and O–H groups in total. The Morgan fingerprint density at radius 3 is 2.38 bits per heavy atom. The number of fused-ring (bicyclic) bond motifs is 2. The molecule has 0 aliphatic carbocycles. The van der Waals surface area contributed by atoms with Crippen molar-refractivity contribution in [2.45, 2.75) is 43.8 Å². The molecular weight excluding hydrogens is 272 g/mol. The number of hydrogen-bond donors (Lipinski definition) is 1. The van der Waals surface area contributed by atoms with Crippen LogP contribution in [0.2, 0.25) is 0 Å². The van der Waals surface area contributed by atoms with Crippen molar-refractivity contribution in [1.29, 1.82) is 0 Å². The topological polar surface area (TPSA) is 83.4 Å². The quantitative estimate of drug-likeness (QED) is 0.820. The number of amides is 4. The van der Waals surface area contributed by atoms with E-state index in [1.54, 1.807) is 17.2 Å². The summed E-state index contributed by atoms with van der Waals surface area (Å²) in [5.41, 5.74) is 0. The lowest BCUT2D eigenvalue weighted by Gasteiger charge is -2.39. The van der Waals surface area contributed by atoms with Gasteiger partial charge in [-0.25, -0.2) is 14.5 Å². The first-order valence-electron chi connectivity index (χ1n) is 7.47. The van der Waals surface area contributed by atoms with E-state index in [-0.39, 0.29) is 30.2 Å². The van der Waals surface area contributed by atoms with Gasteiger partial charge in [0.15, 0.2) is 0 Å². The van der Waals surface area contributed by atoms with Crippen molar-refractivity contribution >= 4 is 12.1 Å². The van der Waals surface area contributed by atoms with E-state index >= 15 is 0 Å². The lowest BCUT2D eigenvalue weighted by molar-refractivity contribution is 0.0986. The highest BCUT2D eigenvalue weighted by atomic mass is 16.2. The Labute approximate surface area is 122 Å². The largest absolute Gasteiger partial charge is 0.336 e. The van der Waals surface area contributed by atoms with Gasteiger partial charge in [-0.2, -0.15) is 15.0 Å². The molecule has 3 aliphatic rings. The Morgan fingerprint density at radius 1 is 1.14 bits per heavy atom. The Kier molecular flexibility index (Phi) is 2.83. The summed E-state index contributed by atoms with van der Waals surface area (Å²) in [6, 6.07) is 0.245. The molecule has 2 unspecified atom stereocenters. The smallest absolute Gasteiger partial charge is 0.328 e. The number of imide groups is 1. The van der Waals surface area contributed by atoms with Gasteiger partial charge in [0.1, 0.15) is 0 Å². The van der Waals surface area contributed by atoms with Crippen LogP contribution in [0.3, 0.4) is 0 Å². The van der Waals surface area contributed by atoms with Gasteiger partial charge in [0, 0.05) is 25.2 Å². The van der Waals surface area contributed by atoms with Crippen molar-refractivity contribution in [3.05, 3.63) is 12.4 Å². The van der Waals surface area contributed by atoms with Crippen molar-refractivity contribution in [3.63, 3.8) is 0 Å². The van der Waals surface area contributed by atoms with Gasteiger partial charge in [-0.1, -0.05) is 0 Å². The van der Waals surface area contributed by atoms with Crippen molar-refractivity contribution in [2.75, 3.05) is 13.1 Å².